The van der Waals surface area contributed by atoms with E-state index >= 15 is 0 Å². The van der Waals surface area contributed by atoms with Gasteiger partial charge in [0, 0.05) is 16.9 Å². The zero-order valence-corrected chi connectivity index (χ0v) is 11.5. The maximum absolute atomic E-state index is 11.9. The van der Waals surface area contributed by atoms with E-state index in [1.807, 2.05) is 0 Å². The summed E-state index contributed by atoms with van der Waals surface area (Å²) in [7, 11) is 0. The van der Waals surface area contributed by atoms with Gasteiger partial charge in [0.05, 0.1) is 5.69 Å². The molecule has 0 aliphatic carbocycles. The predicted octanol–water partition coefficient (Wildman–Crippen LogP) is 2.41. The highest BCUT2D eigenvalue weighted by atomic mass is 35.5. The number of carbonyl (C=O) groups excluding carboxylic acids is 1. The first-order chi connectivity index (χ1) is 9.06. The molecule has 98 valence electrons. The average Bonchev–Trinajstić information content (AvgIpc) is 2.80. The van der Waals surface area contributed by atoms with Gasteiger partial charge in [0.15, 0.2) is 0 Å². The van der Waals surface area contributed by atoms with E-state index in [4.69, 9.17) is 29.6 Å². The summed E-state index contributed by atoms with van der Waals surface area (Å²) in [5.74, 6) is -0.156. The number of aromatic nitrogens is 1. The Morgan fingerprint density at radius 3 is 2.63 bits per heavy atom. The number of nitrogens with two attached hydrogens (primary N) is 1. The first-order valence-corrected chi connectivity index (χ1v) is 6.35. The topological polar surface area (TPSA) is 60.0 Å². The first-order valence-electron chi connectivity index (χ1n) is 5.56. The molecule has 2 rings (SSSR count). The fraction of sp³-hybridized carbons (Fsp3) is 0.0769. The van der Waals surface area contributed by atoms with Crippen molar-refractivity contribution in [3.63, 3.8) is 0 Å². The molecule has 0 radical (unpaired) electrons. The SMILES string of the molecule is NC(=S)c1cccn1CC(=O)Nc1ccc(Cl)cc1. The van der Waals surface area contributed by atoms with E-state index < -0.39 is 0 Å². The summed E-state index contributed by atoms with van der Waals surface area (Å²) >= 11 is 10.7. The average molecular weight is 294 g/mol. The van der Waals surface area contributed by atoms with E-state index in [9.17, 15) is 4.79 Å². The number of nitrogens with one attached hydrogen (secondary N) is 1. The summed E-state index contributed by atoms with van der Waals surface area (Å²) in [5, 5.41) is 3.40. The van der Waals surface area contributed by atoms with Gasteiger partial charge in [-0.1, -0.05) is 23.8 Å². The molecule has 3 N–H and O–H groups in total. The van der Waals surface area contributed by atoms with Crippen LogP contribution in [0.2, 0.25) is 5.02 Å². The highest BCUT2D eigenvalue weighted by Gasteiger charge is 2.08. The molecule has 0 aliphatic rings. The lowest BCUT2D eigenvalue weighted by atomic mass is 10.3. The molecule has 0 fully saturated rings. The Morgan fingerprint density at radius 1 is 1.32 bits per heavy atom. The number of anilines is 1. The van der Waals surface area contributed by atoms with Gasteiger partial charge < -0.3 is 15.6 Å². The minimum absolute atomic E-state index is 0.155. The van der Waals surface area contributed by atoms with Crippen LogP contribution in [-0.2, 0) is 11.3 Å². The predicted molar refractivity (Wildman–Crippen MR) is 80.4 cm³/mol. The Labute approximate surface area is 121 Å². The van der Waals surface area contributed by atoms with Gasteiger partial charge in [0.2, 0.25) is 5.91 Å². The van der Waals surface area contributed by atoms with Gasteiger partial charge in [-0.2, -0.15) is 0 Å². The van der Waals surface area contributed by atoms with Gasteiger partial charge in [-0.25, -0.2) is 0 Å². The highest BCUT2D eigenvalue weighted by Crippen LogP contribution is 2.13. The van der Waals surface area contributed by atoms with Gasteiger partial charge in [-0.3, -0.25) is 4.79 Å². The maximum Gasteiger partial charge on any atom is 0.244 e. The number of hydrogen-bond acceptors (Lipinski definition) is 2. The molecule has 0 bridgehead atoms. The third-order valence-corrected chi connectivity index (χ3v) is 2.99. The maximum atomic E-state index is 11.9. The van der Waals surface area contributed by atoms with Crippen molar-refractivity contribution in [1.82, 2.24) is 4.57 Å². The lowest BCUT2D eigenvalue weighted by molar-refractivity contribution is -0.116. The fourth-order valence-electron chi connectivity index (χ4n) is 1.66. The molecule has 19 heavy (non-hydrogen) atoms. The van der Waals surface area contributed by atoms with Crippen molar-refractivity contribution in [2.45, 2.75) is 6.54 Å². The smallest absolute Gasteiger partial charge is 0.244 e. The van der Waals surface area contributed by atoms with E-state index in [0.29, 0.717) is 16.4 Å². The van der Waals surface area contributed by atoms with Gasteiger partial charge in [0.1, 0.15) is 11.5 Å². The minimum Gasteiger partial charge on any atom is -0.388 e. The number of nitrogens with zero attached hydrogens (tertiary/aromatic N) is 1. The molecule has 1 aromatic heterocycles. The summed E-state index contributed by atoms with van der Waals surface area (Å²) in [6.45, 7) is 0.155. The van der Waals surface area contributed by atoms with Gasteiger partial charge in [-0.05, 0) is 36.4 Å². The van der Waals surface area contributed by atoms with Crippen molar-refractivity contribution in [2.24, 2.45) is 5.73 Å². The number of benzene rings is 1. The van der Waals surface area contributed by atoms with Gasteiger partial charge in [-0.15, -0.1) is 0 Å². The third-order valence-electron chi connectivity index (χ3n) is 2.52. The molecule has 0 saturated carbocycles. The second-order valence-electron chi connectivity index (χ2n) is 3.94. The molecule has 0 atom stereocenters. The Kier molecular flexibility index (Phi) is 4.19. The van der Waals surface area contributed by atoms with Crippen molar-refractivity contribution in [2.75, 3.05) is 5.32 Å². The third kappa shape index (κ3) is 3.56. The minimum atomic E-state index is -0.156. The van der Waals surface area contributed by atoms with Crippen LogP contribution in [0.3, 0.4) is 0 Å². The monoisotopic (exact) mass is 293 g/mol. The van der Waals surface area contributed by atoms with E-state index in [2.05, 4.69) is 5.32 Å². The second-order valence-corrected chi connectivity index (χ2v) is 4.82. The van der Waals surface area contributed by atoms with Crippen molar-refractivity contribution >= 4 is 40.4 Å². The van der Waals surface area contributed by atoms with Crippen LogP contribution in [0.1, 0.15) is 5.69 Å². The quantitative estimate of drug-likeness (QED) is 0.851. The standard InChI is InChI=1S/C13H12ClN3OS/c14-9-3-5-10(6-4-9)16-12(18)8-17-7-1-2-11(17)13(15)19/h1-7H,8H2,(H2,15,19)(H,16,18). The van der Waals surface area contributed by atoms with Crippen LogP contribution in [0.15, 0.2) is 42.6 Å². The molecule has 1 aromatic carbocycles. The normalized spacial score (nSPS) is 10.2. The molecule has 0 spiro atoms. The molecule has 4 nitrogen and oxygen atoms in total. The molecule has 0 saturated heterocycles. The van der Waals surface area contributed by atoms with Gasteiger partial charge in [0.25, 0.3) is 0 Å². The molecule has 1 heterocycles. The molecule has 6 heteroatoms. The number of rotatable bonds is 4. The van der Waals surface area contributed by atoms with E-state index in [1.54, 1.807) is 47.2 Å². The Morgan fingerprint density at radius 2 is 2.00 bits per heavy atom. The number of thiocarbonyl (C=S) groups is 1. The number of halogens is 1. The molecule has 1 amide bonds. The van der Waals surface area contributed by atoms with Crippen LogP contribution >= 0.6 is 23.8 Å². The summed E-state index contributed by atoms with van der Waals surface area (Å²) in [6, 6.07) is 10.5. The van der Waals surface area contributed by atoms with Crippen molar-refractivity contribution in [1.29, 1.82) is 0 Å². The summed E-state index contributed by atoms with van der Waals surface area (Å²) in [5.41, 5.74) is 6.93. The molecule has 2 aromatic rings. The molecule has 0 aliphatic heterocycles. The second kappa shape index (κ2) is 5.86. The summed E-state index contributed by atoms with van der Waals surface area (Å²) in [4.78, 5) is 12.2. The number of hydrogen-bond donors (Lipinski definition) is 2. The first kappa shape index (κ1) is 13.6. The van der Waals surface area contributed by atoms with Crippen molar-refractivity contribution in [3.8, 4) is 0 Å². The van der Waals surface area contributed by atoms with E-state index in [1.165, 1.54) is 0 Å². The zero-order valence-electron chi connectivity index (χ0n) is 9.97. The van der Waals surface area contributed by atoms with Crippen LogP contribution in [0, 0.1) is 0 Å². The Hall–Kier alpha value is -1.85. The molecular formula is C13H12ClN3OS. The Balaban J connectivity index is 2.03. The zero-order chi connectivity index (χ0) is 13.8. The lowest BCUT2D eigenvalue weighted by Gasteiger charge is -2.09. The lowest BCUT2D eigenvalue weighted by Crippen LogP contribution is -2.22. The largest absolute Gasteiger partial charge is 0.388 e. The number of carbonyl (C=O) groups is 1. The summed E-state index contributed by atoms with van der Waals surface area (Å²) in [6.07, 6.45) is 1.76. The van der Waals surface area contributed by atoms with Crippen molar-refractivity contribution < 1.29 is 4.79 Å². The van der Waals surface area contributed by atoms with Crippen LogP contribution in [-0.4, -0.2) is 15.5 Å². The molecule has 0 unspecified atom stereocenters. The van der Waals surface area contributed by atoms with Crippen LogP contribution in [0.5, 0.6) is 0 Å². The van der Waals surface area contributed by atoms with Crippen LogP contribution in [0.4, 0.5) is 5.69 Å². The van der Waals surface area contributed by atoms with E-state index in [-0.39, 0.29) is 17.4 Å². The summed E-state index contributed by atoms with van der Waals surface area (Å²) < 4.78 is 1.70. The highest BCUT2D eigenvalue weighted by molar-refractivity contribution is 7.80. The molecular weight excluding hydrogens is 282 g/mol. The Bertz CT molecular complexity index is 607. The van der Waals surface area contributed by atoms with E-state index in [0.717, 1.165) is 0 Å². The van der Waals surface area contributed by atoms with Crippen LogP contribution in [0.25, 0.3) is 0 Å². The number of amides is 1. The van der Waals surface area contributed by atoms with Crippen molar-refractivity contribution in [3.05, 3.63) is 53.3 Å². The van der Waals surface area contributed by atoms with Gasteiger partial charge >= 0.3 is 0 Å². The van der Waals surface area contributed by atoms with Crippen LogP contribution < -0.4 is 11.1 Å². The fourth-order valence-corrected chi connectivity index (χ4v) is 1.98.